The minimum atomic E-state index is -3.45. The quantitative estimate of drug-likeness (QED) is 0.352. The van der Waals surface area contributed by atoms with Gasteiger partial charge in [-0.15, -0.1) is 0 Å². The number of piperazine rings is 1. The molecule has 0 spiro atoms. The van der Waals surface area contributed by atoms with Crippen LogP contribution in [0.15, 0.2) is 65.7 Å². The fourth-order valence-corrected chi connectivity index (χ4v) is 5.73. The maximum Gasteiger partial charge on any atom is 0.251 e. The van der Waals surface area contributed by atoms with Crippen LogP contribution >= 0.6 is 0 Å². The van der Waals surface area contributed by atoms with Gasteiger partial charge in [-0.25, -0.2) is 18.4 Å². The van der Waals surface area contributed by atoms with Crippen LogP contribution in [0, 0.1) is 18.3 Å². The van der Waals surface area contributed by atoms with Crippen molar-refractivity contribution in [3.63, 3.8) is 0 Å². The number of hydrogen-bond acceptors (Lipinski definition) is 9. The van der Waals surface area contributed by atoms with Gasteiger partial charge in [-0.2, -0.15) is 5.26 Å². The molecule has 1 amide bonds. The molecule has 1 fully saturated rings. The first-order valence-corrected chi connectivity index (χ1v) is 14.8. The maximum absolute atomic E-state index is 12.7. The largest absolute Gasteiger partial charge is 0.354 e. The van der Waals surface area contributed by atoms with Crippen LogP contribution in [-0.4, -0.2) is 61.2 Å². The van der Waals surface area contributed by atoms with Crippen LogP contribution < -0.4 is 15.5 Å². The van der Waals surface area contributed by atoms with Crippen LogP contribution in [0.5, 0.6) is 0 Å². The monoisotopic (exact) mass is 555 g/mol. The van der Waals surface area contributed by atoms with Crippen molar-refractivity contribution in [3.05, 3.63) is 77.6 Å². The van der Waals surface area contributed by atoms with Gasteiger partial charge >= 0.3 is 0 Å². The second-order valence-corrected chi connectivity index (χ2v) is 11.8. The molecule has 1 aromatic carbocycles. The molecule has 1 saturated heterocycles. The number of nitriles is 1. The molecule has 1 atom stereocenters. The average Bonchev–Trinajstić information content (AvgIpc) is 2.95. The molecule has 0 radical (unpaired) electrons. The van der Waals surface area contributed by atoms with Crippen molar-refractivity contribution in [3.8, 4) is 17.5 Å². The van der Waals surface area contributed by atoms with Crippen molar-refractivity contribution >= 4 is 32.5 Å². The number of anilines is 1. The number of benzene rings is 1. The third-order valence-corrected chi connectivity index (χ3v) is 8.06. The molecular weight excluding hydrogens is 526 g/mol. The molecule has 11 heteroatoms. The second kappa shape index (κ2) is 11.4. The van der Waals surface area contributed by atoms with E-state index >= 15 is 0 Å². The number of aromatic nitrogens is 3. The highest BCUT2D eigenvalue weighted by Gasteiger charge is 2.20. The van der Waals surface area contributed by atoms with Gasteiger partial charge in [-0.05, 0) is 55.0 Å². The average molecular weight is 556 g/mol. The van der Waals surface area contributed by atoms with Gasteiger partial charge in [0.05, 0.1) is 46.5 Å². The highest BCUT2D eigenvalue weighted by molar-refractivity contribution is 7.90. The molecule has 0 bridgehead atoms. The van der Waals surface area contributed by atoms with Crippen molar-refractivity contribution in [2.75, 3.05) is 30.8 Å². The molecule has 10 nitrogen and oxygen atoms in total. The predicted molar refractivity (Wildman–Crippen MR) is 152 cm³/mol. The number of carbonyl (C=O) groups is 1. The molecule has 2 N–H and O–H groups in total. The number of sulfone groups is 1. The van der Waals surface area contributed by atoms with E-state index in [1.54, 1.807) is 25.3 Å². The Morgan fingerprint density at radius 1 is 1.15 bits per heavy atom. The zero-order chi connectivity index (χ0) is 28.3. The second-order valence-electron chi connectivity index (χ2n) is 9.84. The maximum atomic E-state index is 12.7. The van der Waals surface area contributed by atoms with Crippen LogP contribution in [0.3, 0.4) is 0 Å². The fourth-order valence-electron chi connectivity index (χ4n) is 4.73. The summed E-state index contributed by atoms with van der Waals surface area (Å²) in [5.74, 6) is 0.455. The van der Waals surface area contributed by atoms with Gasteiger partial charge in [-0.1, -0.05) is 12.1 Å². The van der Waals surface area contributed by atoms with E-state index in [1.165, 1.54) is 6.07 Å². The number of carbonyl (C=O) groups excluding carboxylic acids is 1. The van der Waals surface area contributed by atoms with Crippen molar-refractivity contribution in [1.29, 1.82) is 5.26 Å². The van der Waals surface area contributed by atoms with Crippen LogP contribution in [0.2, 0.25) is 0 Å². The molecule has 204 valence electrons. The zero-order valence-corrected chi connectivity index (χ0v) is 23.1. The van der Waals surface area contributed by atoms with E-state index in [2.05, 4.69) is 26.6 Å². The number of hydrogen-bond donors (Lipinski definition) is 2. The number of fused-ring (bicyclic) bond motifs is 1. The highest BCUT2D eigenvalue weighted by atomic mass is 32.2. The summed E-state index contributed by atoms with van der Waals surface area (Å²) >= 11 is 0. The molecule has 3 aromatic heterocycles. The number of nitrogens with one attached hydrogen (secondary N) is 2. The number of nitrogens with zero attached hydrogens (tertiary/aromatic N) is 5. The Balaban J connectivity index is 1.33. The van der Waals surface area contributed by atoms with Crippen LogP contribution in [0.4, 0.5) is 5.82 Å². The summed E-state index contributed by atoms with van der Waals surface area (Å²) in [4.78, 5) is 29.2. The van der Waals surface area contributed by atoms with E-state index < -0.39 is 9.84 Å². The van der Waals surface area contributed by atoms with Gasteiger partial charge in [0.1, 0.15) is 5.82 Å². The predicted octanol–water partition coefficient (Wildman–Crippen LogP) is 3.03. The molecular formula is C29H29N7O3S. The Bertz CT molecular complexity index is 1730. The van der Waals surface area contributed by atoms with Crippen molar-refractivity contribution in [1.82, 2.24) is 25.6 Å². The van der Waals surface area contributed by atoms with Crippen LogP contribution in [0.25, 0.3) is 22.3 Å². The van der Waals surface area contributed by atoms with Crippen molar-refractivity contribution in [2.45, 2.75) is 30.8 Å². The van der Waals surface area contributed by atoms with E-state index in [1.807, 2.05) is 36.4 Å². The number of rotatable bonds is 7. The molecule has 0 aliphatic carbocycles. The lowest BCUT2D eigenvalue weighted by molar-refractivity contribution is 0.0950. The Hall–Kier alpha value is -4.40. The van der Waals surface area contributed by atoms with Gasteiger partial charge in [0.15, 0.2) is 9.84 Å². The first-order chi connectivity index (χ1) is 19.2. The van der Waals surface area contributed by atoms with Crippen LogP contribution in [-0.2, 0) is 16.4 Å². The first kappa shape index (κ1) is 27.2. The van der Waals surface area contributed by atoms with Gasteiger partial charge < -0.3 is 15.5 Å². The van der Waals surface area contributed by atoms with Gasteiger partial charge in [0.25, 0.3) is 5.91 Å². The van der Waals surface area contributed by atoms with Gasteiger partial charge in [-0.3, -0.25) is 9.78 Å². The molecule has 0 unspecified atom stereocenters. The normalized spacial score (nSPS) is 15.5. The molecule has 4 heterocycles. The van der Waals surface area contributed by atoms with E-state index in [-0.39, 0.29) is 29.0 Å². The van der Waals surface area contributed by atoms with E-state index in [0.717, 1.165) is 41.8 Å². The molecule has 1 aliphatic heterocycles. The van der Waals surface area contributed by atoms with E-state index in [0.29, 0.717) is 29.9 Å². The van der Waals surface area contributed by atoms with Crippen molar-refractivity contribution in [2.24, 2.45) is 0 Å². The van der Waals surface area contributed by atoms with Crippen LogP contribution in [0.1, 0.15) is 28.0 Å². The summed E-state index contributed by atoms with van der Waals surface area (Å²) in [7, 11) is -3.45. The lowest BCUT2D eigenvalue weighted by Crippen LogP contribution is -2.50. The highest BCUT2D eigenvalue weighted by Crippen LogP contribution is 2.23. The minimum absolute atomic E-state index is 0.113. The summed E-state index contributed by atoms with van der Waals surface area (Å²) in [6, 6.07) is 18.5. The topological polar surface area (TPSA) is 141 Å². The Morgan fingerprint density at radius 3 is 2.77 bits per heavy atom. The first-order valence-electron chi connectivity index (χ1n) is 12.9. The minimum Gasteiger partial charge on any atom is -0.354 e. The fraction of sp³-hybridized carbons (Fsp3) is 0.276. The Morgan fingerprint density at radius 2 is 1.98 bits per heavy atom. The molecule has 5 rings (SSSR count). The van der Waals surface area contributed by atoms with Crippen molar-refractivity contribution < 1.29 is 13.2 Å². The summed E-state index contributed by atoms with van der Waals surface area (Å²) < 4.78 is 24.1. The summed E-state index contributed by atoms with van der Waals surface area (Å²) in [5, 5.41) is 16.1. The summed E-state index contributed by atoms with van der Waals surface area (Å²) in [5.41, 5.74) is 3.64. The summed E-state index contributed by atoms with van der Waals surface area (Å²) in [6.07, 6.45) is 3.29. The smallest absolute Gasteiger partial charge is 0.251 e. The van der Waals surface area contributed by atoms with Gasteiger partial charge in [0, 0.05) is 49.1 Å². The Labute approximate surface area is 233 Å². The number of pyridine rings is 3. The molecule has 0 saturated carbocycles. The van der Waals surface area contributed by atoms with E-state index in [4.69, 9.17) is 15.2 Å². The SMILES string of the molecule is Cc1ccc(C(=O)NCc2cc3nc(-c4cccc(N5CCN[C@@H](CC#N)C5)n4)ccc3cn2)cc1S(C)(=O)=O. The number of amides is 1. The third-order valence-electron chi connectivity index (χ3n) is 6.82. The van der Waals surface area contributed by atoms with Gasteiger partial charge in [0.2, 0.25) is 0 Å². The Kier molecular flexibility index (Phi) is 7.73. The molecule has 1 aliphatic rings. The lowest BCUT2D eigenvalue weighted by atomic mass is 10.1. The molecule has 40 heavy (non-hydrogen) atoms. The summed E-state index contributed by atoms with van der Waals surface area (Å²) in [6.45, 7) is 4.17. The molecule has 4 aromatic rings. The lowest BCUT2D eigenvalue weighted by Gasteiger charge is -2.33. The van der Waals surface area contributed by atoms with E-state index in [9.17, 15) is 13.2 Å². The number of aryl methyl sites for hydroxylation is 1. The zero-order valence-electron chi connectivity index (χ0n) is 22.3. The third kappa shape index (κ3) is 6.09. The standard InChI is InChI=1S/C29H29N7O3S/c1-19-6-7-20(14-27(19)40(2,38)39)29(37)33-17-23-15-26-21(16-32-23)8-9-25(34-26)24-4-3-5-28(35-24)36-13-12-31-22(18-36)10-11-30/h3-9,14-16,22,31H,10,12-13,17-18H2,1-2H3,(H,33,37)/t22-/m0/s1.